The third kappa shape index (κ3) is 3.29. The van der Waals surface area contributed by atoms with Crippen molar-refractivity contribution in [1.82, 2.24) is 24.6 Å². The van der Waals surface area contributed by atoms with Crippen molar-refractivity contribution in [2.45, 2.75) is 32.4 Å². The summed E-state index contributed by atoms with van der Waals surface area (Å²) in [6.45, 7) is 2.88. The van der Waals surface area contributed by atoms with Gasteiger partial charge in [-0.2, -0.15) is 0 Å². The minimum absolute atomic E-state index is 0.0699. The number of nitrogens with one attached hydrogen (secondary N) is 1. The molecule has 5 rings (SSSR count). The molecule has 0 saturated heterocycles. The number of carbonyl (C=O) groups is 1. The average Bonchev–Trinajstić information content (AvgIpc) is 3.35. The molecule has 2 aromatic heterocycles. The maximum absolute atomic E-state index is 12.9. The second kappa shape index (κ2) is 7.04. The first kappa shape index (κ1) is 17.9. The summed E-state index contributed by atoms with van der Waals surface area (Å²) in [5.74, 6) is -0.147. The number of carbonyl (C=O) groups excluding carboxylic acids is 1. The Morgan fingerprint density at radius 3 is 2.76 bits per heavy atom. The quantitative estimate of drug-likeness (QED) is 0.561. The van der Waals surface area contributed by atoms with E-state index in [1.165, 1.54) is 22.2 Å². The summed E-state index contributed by atoms with van der Waals surface area (Å²) in [4.78, 5) is 12.9. The lowest BCUT2D eigenvalue weighted by atomic mass is 10.0. The molecule has 0 aliphatic carbocycles. The number of hydrogen-bond acceptors (Lipinski definition) is 3. The second-order valence-corrected chi connectivity index (χ2v) is 7.96. The van der Waals surface area contributed by atoms with Gasteiger partial charge in [-0.3, -0.25) is 9.36 Å². The summed E-state index contributed by atoms with van der Waals surface area (Å²) in [6.07, 6.45) is 5.04. The first-order chi connectivity index (χ1) is 14.1. The van der Waals surface area contributed by atoms with Crippen molar-refractivity contribution in [2.75, 3.05) is 0 Å². The van der Waals surface area contributed by atoms with Crippen molar-refractivity contribution in [2.24, 2.45) is 0 Å². The first-order valence-corrected chi connectivity index (χ1v) is 10.0. The van der Waals surface area contributed by atoms with Crippen LogP contribution in [0.25, 0.3) is 16.6 Å². The van der Waals surface area contributed by atoms with Gasteiger partial charge < -0.3 is 9.88 Å². The lowest BCUT2D eigenvalue weighted by molar-refractivity contribution is 0.0928. The van der Waals surface area contributed by atoms with Crippen LogP contribution < -0.4 is 5.32 Å². The Morgan fingerprint density at radius 2 is 1.97 bits per heavy atom. The molecule has 0 bridgehead atoms. The van der Waals surface area contributed by atoms with Gasteiger partial charge in [-0.1, -0.05) is 23.2 Å². The zero-order chi connectivity index (χ0) is 20.0. The molecule has 146 valence electrons. The van der Waals surface area contributed by atoms with Gasteiger partial charge in [0.1, 0.15) is 12.7 Å². The molecule has 7 heteroatoms. The smallest absolute Gasteiger partial charge is 0.253 e. The van der Waals surface area contributed by atoms with E-state index in [0.717, 1.165) is 25.1 Å². The third-order valence-corrected chi connectivity index (χ3v) is 5.86. The van der Waals surface area contributed by atoms with Gasteiger partial charge in [0, 0.05) is 34.9 Å². The Morgan fingerprint density at radius 1 is 1.14 bits per heavy atom. The van der Waals surface area contributed by atoms with Crippen LogP contribution in [0, 0.1) is 6.92 Å². The highest BCUT2D eigenvalue weighted by Crippen LogP contribution is 2.27. The zero-order valence-electron chi connectivity index (χ0n) is 16.0. The van der Waals surface area contributed by atoms with Crippen LogP contribution in [0.4, 0.5) is 0 Å². The number of benzene rings is 2. The molecule has 1 atom stereocenters. The molecule has 0 fully saturated rings. The summed E-state index contributed by atoms with van der Waals surface area (Å²) in [5.41, 5.74) is 5.10. The Balaban J connectivity index is 1.35. The predicted molar refractivity (Wildman–Crippen MR) is 113 cm³/mol. The summed E-state index contributed by atoms with van der Waals surface area (Å²) in [6, 6.07) is 14.2. The van der Waals surface area contributed by atoms with Crippen LogP contribution in [0.3, 0.4) is 0 Å². The van der Waals surface area contributed by atoms with Crippen LogP contribution in [0.2, 0.25) is 5.02 Å². The third-order valence-electron chi connectivity index (χ3n) is 5.54. The van der Waals surface area contributed by atoms with Gasteiger partial charge in [-0.05, 0) is 56.2 Å². The van der Waals surface area contributed by atoms with Gasteiger partial charge in [0.25, 0.3) is 5.91 Å². The van der Waals surface area contributed by atoms with Crippen LogP contribution in [0.5, 0.6) is 0 Å². The Hall–Kier alpha value is -3.12. The van der Waals surface area contributed by atoms with E-state index < -0.39 is 0 Å². The van der Waals surface area contributed by atoms with Gasteiger partial charge in [-0.15, -0.1) is 10.2 Å². The standard InChI is InChI=1S/C22H20ClN5O/c1-14-2-7-21-15(8-14)9-18-4-3-16(11-28(18)21)26-22(29)19-6-5-17(10-20(19)23)27-12-24-25-13-27/h2,5-10,12-13,16H,3-4,11H2,1H3,(H,26,29)/t16-/m1/s1. The van der Waals surface area contributed by atoms with Gasteiger partial charge in [0.2, 0.25) is 0 Å². The van der Waals surface area contributed by atoms with Crippen molar-refractivity contribution in [3.8, 4) is 5.69 Å². The Kier molecular flexibility index (Phi) is 4.36. The highest BCUT2D eigenvalue weighted by molar-refractivity contribution is 6.34. The monoisotopic (exact) mass is 405 g/mol. The fraction of sp³-hybridized carbons (Fsp3) is 0.227. The van der Waals surface area contributed by atoms with Crippen LogP contribution in [-0.4, -0.2) is 31.3 Å². The molecule has 0 unspecified atom stereocenters. The molecule has 29 heavy (non-hydrogen) atoms. The van der Waals surface area contributed by atoms with E-state index in [9.17, 15) is 4.79 Å². The van der Waals surface area contributed by atoms with E-state index in [2.05, 4.69) is 51.3 Å². The van der Waals surface area contributed by atoms with E-state index in [-0.39, 0.29) is 11.9 Å². The average molecular weight is 406 g/mol. The SMILES string of the molecule is Cc1ccc2c(c1)cc1n2C[C@H](NC(=O)c2ccc(-n3cnnc3)cc2Cl)CC1. The van der Waals surface area contributed by atoms with Crippen LogP contribution in [0.15, 0.2) is 55.1 Å². The molecule has 1 aliphatic heterocycles. The fourth-order valence-corrected chi connectivity index (χ4v) is 4.33. The normalized spacial score (nSPS) is 16.0. The molecular formula is C22H20ClN5O. The van der Waals surface area contributed by atoms with Gasteiger partial charge in [-0.25, -0.2) is 0 Å². The number of amides is 1. The largest absolute Gasteiger partial charge is 0.347 e. The maximum atomic E-state index is 12.9. The number of aromatic nitrogens is 4. The molecule has 0 spiro atoms. The number of aryl methyl sites for hydroxylation is 2. The maximum Gasteiger partial charge on any atom is 0.253 e. The number of nitrogens with zero attached hydrogens (tertiary/aromatic N) is 4. The van der Waals surface area contributed by atoms with Crippen LogP contribution >= 0.6 is 11.6 Å². The molecular weight excluding hydrogens is 386 g/mol. The second-order valence-electron chi connectivity index (χ2n) is 7.55. The minimum atomic E-state index is -0.147. The van der Waals surface area contributed by atoms with Gasteiger partial charge in [0.05, 0.1) is 10.6 Å². The summed E-state index contributed by atoms with van der Waals surface area (Å²) in [5, 5.41) is 12.4. The lowest BCUT2D eigenvalue weighted by Gasteiger charge is -2.26. The highest BCUT2D eigenvalue weighted by atomic mass is 35.5. The lowest BCUT2D eigenvalue weighted by Crippen LogP contribution is -2.40. The number of rotatable bonds is 3. The molecule has 4 aromatic rings. The topological polar surface area (TPSA) is 64.7 Å². The predicted octanol–water partition coefficient (Wildman–Crippen LogP) is 3.93. The van der Waals surface area contributed by atoms with E-state index in [1.807, 2.05) is 6.07 Å². The van der Waals surface area contributed by atoms with Crippen LogP contribution in [0.1, 0.15) is 28.0 Å². The van der Waals surface area contributed by atoms with Gasteiger partial charge in [0.15, 0.2) is 0 Å². The summed E-state index contributed by atoms with van der Waals surface area (Å²) < 4.78 is 4.06. The van der Waals surface area contributed by atoms with E-state index in [4.69, 9.17) is 11.6 Å². The fourth-order valence-electron chi connectivity index (χ4n) is 4.07. The molecule has 1 aliphatic rings. The number of hydrogen-bond donors (Lipinski definition) is 1. The zero-order valence-corrected chi connectivity index (χ0v) is 16.7. The summed E-state index contributed by atoms with van der Waals surface area (Å²) >= 11 is 6.40. The highest BCUT2D eigenvalue weighted by Gasteiger charge is 2.23. The van der Waals surface area contributed by atoms with E-state index in [0.29, 0.717) is 10.6 Å². The number of halogens is 1. The van der Waals surface area contributed by atoms with Gasteiger partial charge >= 0.3 is 0 Å². The Labute approximate surface area is 173 Å². The first-order valence-electron chi connectivity index (χ1n) is 9.63. The van der Waals surface area contributed by atoms with Crippen molar-refractivity contribution < 1.29 is 4.79 Å². The molecule has 2 aromatic carbocycles. The molecule has 1 N–H and O–H groups in total. The van der Waals surface area contributed by atoms with E-state index in [1.54, 1.807) is 29.4 Å². The molecule has 3 heterocycles. The van der Waals surface area contributed by atoms with Crippen LogP contribution in [-0.2, 0) is 13.0 Å². The van der Waals surface area contributed by atoms with Crippen molar-refractivity contribution in [1.29, 1.82) is 0 Å². The number of fused-ring (bicyclic) bond motifs is 3. The molecule has 0 saturated carbocycles. The van der Waals surface area contributed by atoms with Crippen molar-refractivity contribution in [3.63, 3.8) is 0 Å². The molecule has 1 amide bonds. The van der Waals surface area contributed by atoms with Crippen molar-refractivity contribution in [3.05, 3.63) is 77.0 Å². The van der Waals surface area contributed by atoms with Crippen molar-refractivity contribution >= 4 is 28.4 Å². The molecule has 0 radical (unpaired) electrons. The Bertz CT molecular complexity index is 1210. The minimum Gasteiger partial charge on any atom is -0.347 e. The summed E-state index contributed by atoms with van der Waals surface area (Å²) in [7, 11) is 0. The molecule has 6 nitrogen and oxygen atoms in total. The van der Waals surface area contributed by atoms with E-state index >= 15 is 0 Å².